The zero-order valence-electron chi connectivity index (χ0n) is 12.7. The fraction of sp³-hybridized carbons (Fsp3) is 0.588. The maximum Gasteiger partial charge on any atom is 0.226 e. The smallest absolute Gasteiger partial charge is 0.226 e. The second kappa shape index (κ2) is 7.44. The molecule has 1 atom stereocenters. The first-order chi connectivity index (χ1) is 9.72. The summed E-state index contributed by atoms with van der Waals surface area (Å²) in [4.78, 5) is 16.7. The topological polar surface area (TPSA) is 23.6 Å². The molecule has 0 spiro atoms. The molecule has 1 aliphatic rings. The van der Waals surface area contributed by atoms with Crippen LogP contribution in [-0.4, -0.2) is 36.5 Å². The van der Waals surface area contributed by atoms with Crippen molar-refractivity contribution in [2.75, 3.05) is 24.5 Å². The van der Waals surface area contributed by atoms with E-state index in [4.69, 9.17) is 0 Å². The highest BCUT2D eigenvalue weighted by molar-refractivity contribution is 5.93. The Balaban J connectivity index is 2.05. The summed E-state index contributed by atoms with van der Waals surface area (Å²) in [5, 5.41) is 0. The minimum absolute atomic E-state index is 0.208. The lowest BCUT2D eigenvalue weighted by atomic mass is 10.1. The standard InChI is InChI=1S/C17H26N2O/c1-3-17(20)19(16-10-6-4-7-11-16)14-15(2)18-12-8-5-9-13-18/h4,6-7,10-11,15H,3,5,8-9,12-14H2,1-2H3. The summed E-state index contributed by atoms with van der Waals surface area (Å²) in [5.74, 6) is 0.208. The second-order valence-electron chi connectivity index (χ2n) is 5.64. The lowest BCUT2D eigenvalue weighted by Crippen LogP contribution is -2.46. The lowest BCUT2D eigenvalue weighted by molar-refractivity contribution is -0.118. The van der Waals surface area contributed by atoms with E-state index < -0.39 is 0 Å². The molecule has 0 radical (unpaired) electrons. The van der Waals surface area contributed by atoms with Crippen molar-refractivity contribution in [1.82, 2.24) is 4.90 Å². The zero-order valence-corrected chi connectivity index (χ0v) is 12.7. The van der Waals surface area contributed by atoms with Crippen LogP contribution < -0.4 is 4.90 Å². The quantitative estimate of drug-likeness (QED) is 0.822. The molecule has 1 unspecified atom stereocenters. The van der Waals surface area contributed by atoms with E-state index in [9.17, 15) is 4.79 Å². The van der Waals surface area contributed by atoms with Gasteiger partial charge in [0.1, 0.15) is 0 Å². The molecule has 2 rings (SSSR count). The Morgan fingerprint density at radius 1 is 1.20 bits per heavy atom. The number of carbonyl (C=O) groups is 1. The third kappa shape index (κ3) is 3.83. The van der Waals surface area contributed by atoms with Crippen molar-refractivity contribution in [3.63, 3.8) is 0 Å². The number of hydrogen-bond acceptors (Lipinski definition) is 2. The minimum Gasteiger partial charge on any atom is -0.311 e. The highest BCUT2D eigenvalue weighted by Crippen LogP contribution is 2.18. The molecule has 0 aliphatic carbocycles. The summed E-state index contributed by atoms with van der Waals surface area (Å²) in [7, 11) is 0. The molecule has 0 aromatic heterocycles. The van der Waals surface area contributed by atoms with Gasteiger partial charge in [0.25, 0.3) is 0 Å². The summed E-state index contributed by atoms with van der Waals surface area (Å²) in [6, 6.07) is 10.5. The SMILES string of the molecule is CCC(=O)N(CC(C)N1CCCCC1)c1ccccc1. The van der Waals surface area contributed by atoms with Gasteiger partial charge in [-0.25, -0.2) is 0 Å². The van der Waals surface area contributed by atoms with Crippen LogP contribution in [0, 0.1) is 0 Å². The van der Waals surface area contributed by atoms with E-state index in [1.165, 1.54) is 32.4 Å². The van der Waals surface area contributed by atoms with E-state index in [0.29, 0.717) is 12.5 Å². The largest absolute Gasteiger partial charge is 0.311 e. The summed E-state index contributed by atoms with van der Waals surface area (Å²) >= 11 is 0. The molecule has 1 aliphatic heterocycles. The molecule has 3 nitrogen and oxygen atoms in total. The normalized spacial score (nSPS) is 17.7. The van der Waals surface area contributed by atoms with Crippen molar-refractivity contribution in [1.29, 1.82) is 0 Å². The third-order valence-corrected chi connectivity index (χ3v) is 4.13. The van der Waals surface area contributed by atoms with Crippen LogP contribution in [0.5, 0.6) is 0 Å². The van der Waals surface area contributed by atoms with Crippen molar-refractivity contribution in [2.45, 2.75) is 45.6 Å². The molecule has 0 bridgehead atoms. The Morgan fingerprint density at radius 3 is 2.45 bits per heavy atom. The highest BCUT2D eigenvalue weighted by atomic mass is 16.2. The highest BCUT2D eigenvalue weighted by Gasteiger charge is 2.22. The van der Waals surface area contributed by atoms with Crippen LogP contribution >= 0.6 is 0 Å². The van der Waals surface area contributed by atoms with Gasteiger partial charge in [-0.3, -0.25) is 9.69 Å². The van der Waals surface area contributed by atoms with E-state index in [2.05, 4.69) is 11.8 Å². The Hall–Kier alpha value is -1.35. The second-order valence-corrected chi connectivity index (χ2v) is 5.64. The molecule has 3 heteroatoms. The van der Waals surface area contributed by atoms with Gasteiger partial charge in [-0.05, 0) is 45.0 Å². The molecule has 1 aromatic rings. The number of nitrogens with zero attached hydrogens (tertiary/aromatic N) is 2. The number of amides is 1. The molecule has 1 aromatic carbocycles. The van der Waals surface area contributed by atoms with Crippen molar-refractivity contribution in [2.24, 2.45) is 0 Å². The number of hydrogen-bond donors (Lipinski definition) is 0. The maximum atomic E-state index is 12.2. The molecular formula is C17H26N2O. The van der Waals surface area contributed by atoms with Crippen molar-refractivity contribution in [3.8, 4) is 0 Å². The number of likely N-dealkylation sites (tertiary alicyclic amines) is 1. The molecule has 20 heavy (non-hydrogen) atoms. The van der Waals surface area contributed by atoms with Gasteiger partial charge < -0.3 is 4.90 Å². The minimum atomic E-state index is 0.208. The molecular weight excluding hydrogens is 248 g/mol. The van der Waals surface area contributed by atoms with Gasteiger partial charge >= 0.3 is 0 Å². The van der Waals surface area contributed by atoms with Crippen LogP contribution in [0.3, 0.4) is 0 Å². The van der Waals surface area contributed by atoms with Crippen LogP contribution in [0.4, 0.5) is 5.69 Å². The Morgan fingerprint density at radius 2 is 1.85 bits per heavy atom. The van der Waals surface area contributed by atoms with Crippen LogP contribution in [0.2, 0.25) is 0 Å². The maximum absolute atomic E-state index is 12.2. The Bertz CT molecular complexity index is 412. The summed E-state index contributed by atoms with van der Waals surface area (Å²) in [5.41, 5.74) is 1.02. The van der Waals surface area contributed by atoms with E-state index in [1.807, 2.05) is 42.2 Å². The average Bonchev–Trinajstić information content (AvgIpc) is 2.53. The first-order valence-corrected chi connectivity index (χ1v) is 7.82. The molecule has 1 amide bonds. The van der Waals surface area contributed by atoms with E-state index in [1.54, 1.807) is 0 Å². The fourth-order valence-electron chi connectivity index (χ4n) is 2.89. The predicted octanol–water partition coefficient (Wildman–Crippen LogP) is 3.30. The van der Waals surface area contributed by atoms with Gasteiger partial charge in [0.05, 0.1) is 0 Å². The lowest BCUT2D eigenvalue weighted by Gasteiger charge is -2.35. The molecule has 0 N–H and O–H groups in total. The summed E-state index contributed by atoms with van der Waals surface area (Å²) < 4.78 is 0. The average molecular weight is 274 g/mol. The fourth-order valence-corrected chi connectivity index (χ4v) is 2.89. The number of carbonyl (C=O) groups excluding carboxylic acids is 1. The third-order valence-electron chi connectivity index (χ3n) is 4.13. The molecule has 1 heterocycles. The Labute approximate surface area is 122 Å². The van der Waals surface area contributed by atoms with Gasteiger partial charge in [-0.15, -0.1) is 0 Å². The first-order valence-electron chi connectivity index (χ1n) is 7.82. The van der Waals surface area contributed by atoms with Gasteiger partial charge in [0.2, 0.25) is 5.91 Å². The monoisotopic (exact) mass is 274 g/mol. The van der Waals surface area contributed by atoms with Crippen molar-refractivity contribution >= 4 is 11.6 Å². The summed E-state index contributed by atoms with van der Waals surface area (Å²) in [6.07, 6.45) is 4.48. The predicted molar refractivity (Wildman–Crippen MR) is 84.0 cm³/mol. The molecule has 110 valence electrons. The van der Waals surface area contributed by atoms with E-state index in [0.717, 1.165) is 12.2 Å². The van der Waals surface area contributed by atoms with Crippen LogP contribution in [0.25, 0.3) is 0 Å². The molecule has 0 saturated carbocycles. The van der Waals surface area contributed by atoms with Crippen LogP contribution in [0.1, 0.15) is 39.5 Å². The number of anilines is 1. The van der Waals surface area contributed by atoms with Gasteiger partial charge in [0.15, 0.2) is 0 Å². The number of piperidine rings is 1. The van der Waals surface area contributed by atoms with Gasteiger partial charge in [0, 0.05) is 24.7 Å². The summed E-state index contributed by atoms with van der Waals surface area (Å²) in [6.45, 7) is 7.30. The van der Waals surface area contributed by atoms with E-state index >= 15 is 0 Å². The molecule has 1 fully saturated rings. The molecule has 1 saturated heterocycles. The van der Waals surface area contributed by atoms with E-state index in [-0.39, 0.29) is 5.91 Å². The first kappa shape index (κ1) is 15.0. The van der Waals surface area contributed by atoms with Crippen molar-refractivity contribution in [3.05, 3.63) is 30.3 Å². The van der Waals surface area contributed by atoms with Crippen LogP contribution in [-0.2, 0) is 4.79 Å². The number of para-hydroxylation sites is 1. The van der Waals surface area contributed by atoms with Gasteiger partial charge in [-0.2, -0.15) is 0 Å². The Kier molecular flexibility index (Phi) is 5.60. The number of rotatable bonds is 5. The zero-order chi connectivity index (χ0) is 14.4. The van der Waals surface area contributed by atoms with Crippen LogP contribution in [0.15, 0.2) is 30.3 Å². The number of benzene rings is 1. The van der Waals surface area contributed by atoms with Gasteiger partial charge in [-0.1, -0.05) is 31.5 Å². The van der Waals surface area contributed by atoms with Crippen molar-refractivity contribution < 1.29 is 4.79 Å².